The van der Waals surface area contributed by atoms with Crippen molar-refractivity contribution in [3.05, 3.63) is 200 Å². The SMILES string of the molecule is CCCCc1cccc(-c2ccc(-c3cccc(-c4nc(-c5ccccc5)nc(-n5c6ccccc6c6c7c8ccccc8n(-c8ccccc8)c7ccc65)n4)c3)cc2)c1. The van der Waals surface area contributed by atoms with Gasteiger partial charge in [-0.15, -0.1) is 0 Å². The first kappa shape index (κ1) is 35.5. The third-order valence-electron chi connectivity index (χ3n) is 11.8. The van der Waals surface area contributed by atoms with Gasteiger partial charge in [0.2, 0.25) is 5.95 Å². The number of aryl methyl sites for hydroxylation is 1. The van der Waals surface area contributed by atoms with Gasteiger partial charge in [0.05, 0.1) is 22.1 Å². The van der Waals surface area contributed by atoms with Crippen LogP contribution in [0.4, 0.5) is 0 Å². The van der Waals surface area contributed by atoms with E-state index in [2.05, 4.69) is 192 Å². The first-order valence-electron chi connectivity index (χ1n) is 20.8. The second-order valence-electron chi connectivity index (χ2n) is 15.5. The Morgan fingerprint density at radius 1 is 0.383 bits per heavy atom. The van der Waals surface area contributed by atoms with Gasteiger partial charge in [-0.05, 0) is 83.1 Å². The molecule has 0 saturated carbocycles. The Kier molecular flexibility index (Phi) is 8.85. The molecule has 0 amide bonds. The highest BCUT2D eigenvalue weighted by Gasteiger charge is 2.22. The van der Waals surface area contributed by atoms with Gasteiger partial charge in [0.1, 0.15) is 0 Å². The van der Waals surface area contributed by atoms with E-state index in [0.717, 1.165) is 56.3 Å². The summed E-state index contributed by atoms with van der Waals surface area (Å²) in [5.74, 6) is 1.82. The third kappa shape index (κ3) is 6.14. The fraction of sp³-hybridized carbons (Fsp3) is 0.0727. The topological polar surface area (TPSA) is 48.5 Å². The lowest BCUT2D eigenvalue weighted by Gasteiger charge is -2.12. The lowest BCUT2D eigenvalue weighted by atomic mass is 9.97. The second kappa shape index (κ2) is 14.9. The highest BCUT2D eigenvalue weighted by Crippen LogP contribution is 2.42. The molecule has 5 heteroatoms. The van der Waals surface area contributed by atoms with Gasteiger partial charge >= 0.3 is 0 Å². The molecular weight excluding hydrogens is 731 g/mol. The number of para-hydroxylation sites is 3. The van der Waals surface area contributed by atoms with Crippen molar-refractivity contribution in [2.45, 2.75) is 26.2 Å². The van der Waals surface area contributed by atoms with Crippen molar-refractivity contribution in [1.29, 1.82) is 0 Å². The summed E-state index contributed by atoms with van der Waals surface area (Å²) in [7, 11) is 0. The molecule has 0 aliphatic carbocycles. The molecule has 0 atom stereocenters. The van der Waals surface area contributed by atoms with E-state index in [9.17, 15) is 0 Å². The molecule has 0 spiro atoms. The van der Waals surface area contributed by atoms with Crippen LogP contribution in [0.2, 0.25) is 0 Å². The Morgan fingerprint density at radius 2 is 0.900 bits per heavy atom. The van der Waals surface area contributed by atoms with Gasteiger partial charge in [-0.25, -0.2) is 4.98 Å². The molecule has 0 bridgehead atoms. The standard InChI is InChI=1S/C55H41N5/c1-2-3-16-37-17-14-20-41(35-37)38-29-31-39(32-30-38)42-21-15-22-43(36-42)54-56-53(40-18-6-4-7-19-40)57-55(58-54)60-48-28-13-11-26-46(48)52-50(60)34-33-49-51(52)45-25-10-12-27-47(45)59(49)44-23-8-5-9-24-44/h4-15,17-36H,2-3,16H2,1H3. The number of hydrogen-bond acceptors (Lipinski definition) is 3. The van der Waals surface area contributed by atoms with E-state index in [1.807, 2.05) is 18.2 Å². The summed E-state index contributed by atoms with van der Waals surface area (Å²) >= 11 is 0. The van der Waals surface area contributed by atoms with Crippen molar-refractivity contribution in [3.63, 3.8) is 0 Å². The molecule has 3 aromatic heterocycles. The van der Waals surface area contributed by atoms with Crippen LogP contribution in [0.15, 0.2) is 194 Å². The van der Waals surface area contributed by atoms with Gasteiger partial charge < -0.3 is 4.57 Å². The smallest absolute Gasteiger partial charge is 0.238 e. The van der Waals surface area contributed by atoms with Crippen molar-refractivity contribution in [2.75, 3.05) is 0 Å². The highest BCUT2D eigenvalue weighted by molar-refractivity contribution is 6.28. The molecular formula is C55H41N5. The molecule has 286 valence electrons. The lowest BCUT2D eigenvalue weighted by molar-refractivity contribution is 0.795. The van der Waals surface area contributed by atoms with Crippen molar-refractivity contribution < 1.29 is 0 Å². The normalized spacial score (nSPS) is 11.6. The second-order valence-corrected chi connectivity index (χ2v) is 15.5. The molecule has 0 fully saturated rings. The zero-order chi connectivity index (χ0) is 40.0. The molecule has 0 unspecified atom stereocenters. The Morgan fingerprint density at radius 3 is 1.57 bits per heavy atom. The molecule has 0 radical (unpaired) electrons. The highest BCUT2D eigenvalue weighted by atomic mass is 15.2. The van der Waals surface area contributed by atoms with Gasteiger partial charge in [0.15, 0.2) is 11.6 Å². The number of aromatic nitrogens is 5. The van der Waals surface area contributed by atoms with Crippen molar-refractivity contribution in [1.82, 2.24) is 24.1 Å². The van der Waals surface area contributed by atoms with E-state index in [1.165, 1.54) is 51.2 Å². The Balaban J connectivity index is 1.07. The maximum absolute atomic E-state index is 5.32. The largest absolute Gasteiger partial charge is 0.309 e. The fourth-order valence-corrected chi connectivity index (χ4v) is 8.88. The summed E-state index contributed by atoms with van der Waals surface area (Å²) in [6.45, 7) is 2.24. The summed E-state index contributed by atoms with van der Waals surface area (Å²) in [6, 6.07) is 69.0. The van der Waals surface area contributed by atoms with Gasteiger partial charge in [0.25, 0.3) is 0 Å². The van der Waals surface area contributed by atoms with Gasteiger partial charge in [-0.2, -0.15) is 9.97 Å². The number of fused-ring (bicyclic) bond motifs is 7. The predicted octanol–water partition coefficient (Wildman–Crippen LogP) is 14.1. The van der Waals surface area contributed by atoms with Crippen LogP contribution >= 0.6 is 0 Å². The lowest BCUT2D eigenvalue weighted by Crippen LogP contribution is -2.06. The molecule has 0 N–H and O–H groups in total. The number of hydrogen-bond donors (Lipinski definition) is 0. The van der Waals surface area contributed by atoms with Crippen LogP contribution in [0.25, 0.3) is 100 Å². The van der Waals surface area contributed by atoms with Crippen LogP contribution in [-0.2, 0) is 6.42 Å². The zero-order valence-electron chi connectivity index (χ0n) is 33.3. The number of rotatable bonds is 9. The minimum Gasteiger partial charge on any atom is -0.309 e. The summed E-state index contributed by atoms with van der Waals surface area (Å²) < 4.78 is 4.59. The predicted molar refractivity (Wildman–Crippen MR) is 249 cm³/mol. The van der Waals surface area contributed by atoms with Crippen LogP contribution in [-0.4, -0.2) is 24.1 Å². The van der Waals surface area contributed by atoms with Crippen molar-refractivity contribution in [3.8, 4) is 56.7 Å². The molecule has 8 aromatic carbocycles. The van der Waals surface area contributed by atoms with Crippen molar-refractivity contribution in [2.24, 2.45) is 0 Å². The minimum atomic E-state index is 0.576. The maximum atomic E-state index is 5.32. The molecule has 11 rings (SSSR count). The number of nitrogens with zero attached hydrogens (tertiary/aromatic N) is 5. The van der Waals surface area contributed by atoms with Crippen LogP contribution in [0.1, 0.15) is 25.3 Å². The van der Waals surface area contributed by atoms with Crippen LogP contribution < -0.4 is 0 Å². The van der Waals surface area contributed by atoms with Gasteiger partial charge in [-0.3, -0.25) is 4.57 Å². The first-order chi connectivity index (χ1) is 29.7. The molecule has 11 aromatic rings. The van der Waals surface area contributed by atoms with E-state index in [-0.39, 0.29) is 0 Å². The molecule has 60 heavy (non-hydrogen) atoms. The van der Waals surface area contributed by atoms with E-state index >= 15 is 0 Å². The average molecular weight is 772 g/mol. The van der Waals surface area contributed by atoms with Gasteiger partial charge in [0, 0.05) is 38.4 Å². The molecule has 0 aliphatic heterocycles. The quantitative estimate of drug-likeness (QED) is 0.147. The minimum absolute atomic E-state index is 0.576. The van der Waals surface area contributed by atoms with E-state index in [0.29, 0.717) is 17.6 Å². The Bertz CT molecular complexity index is 3340. The van der Waals surface area contributed by atoms with Gasteiger partial charge in [-0.1, -0.05) is 165 Å². The number of benzene rings is 8. The van der Waals surface area contributed by atoms with Crippen LogP contribution in [0, 0.1) is 0 Å². The summed E-state index contributed by atoms with van der Waals surface area (Å²) in [6.07, 6.45) is 3.52. The molecule has 5 nitrogen and oxygen atoms in total. The fourth-order valence-electron chi connectivity index (χ4n) is 8.88. The van der Waals surface area contributed by atoms with E-state index in [1.54, 1.807) is 0 Å². The molecule has 3 heterocycles. The monoisotopic (exact) mass is 771 g/mol. The van der Waals surface area contributed by atoms with E-state index in [4.69, 9.17) is 15.0 Å². The maximum Gasteiger partial charge on any atom is 0.238 e. The van der Waals surface area contributed by atoms with E-state index < -0.39 is 0 Å². The van der Waals surface area contributed by atoms with Crippen molar-refractivity contribution >= 4 is 43.6 Å². The Labute approximate surface area is 348 Å². The van der Waals surface area contributed by atoms with Crippen LogP contribution in [0.5, 0.6) is 0 Å². The summed E-state index contributed by atoms with van der Waals surface area (Å²) in [5.41, 5.74) is 13.5. The van der Waals surface area contributed by atoms with Crippen LogP contribution in [0.3, 0.4) is 0 Å². The zero-order valence-corrected chi connectivity index (χ0v) is 33.3. The first-order valence-corrected chi connectivity index (χ1v) is 20.8. The average Bonchev–Trinajstić information content (AvgIpc) is 3.84. The molecule has 0 saturated heterocycles. The summed E-state index contributed by atoms with van der Waals surface area (Å²) in [5, 5.41) is 4.74. The number of unbranched alkanes of at least 4 members (excludes halogenated alkanes) is 1. The summed E-state index contributed by atoms with van der Waals surface area (Å²) in [4.78, 5) is 15.7. The Hall–Kier alpha value is -7.63. The molecule has 0 aliphatic rings. The third-order valence-corrected chi connectivity index (χ3v) is 11.8.